The lowest BCUT2D eigenvalue weighted by Gasteiger charge is -2.14. The molecule has 0 spiro atoms. The van der Waals surface area contributed by atoms with Gasteiger partial charge in [-0.3, -0.25) is 9.36 Å². The Balaban J connectivity index is 2.10. The fraction of sp³-hybridized carbons (Fsp3) is 0.385. The number of allylic oxidation sites excluding steroid dienone is 2. The number of rotatable bonds is 5. The van der Waals surface area contributed by atoms with Crippen molar-refractivity contribution in [1.82, 2.24) is 19.5 Å². The molecule has 0 fully saturated rings. The average molecular weight is 306 g/mol. The Hall–Kier alpha value is -2.09. The first-order chi connectivity index (χ1) is 10.2. The Kier molecular flexibility index (Phi) is 3.78. The van der Waals surface area contributed by atoms with Crippen molar-refractivity contribution in [3.05, 3.63) is 18.5 Å². The highest BCUT2D eigenvalue weighted by atomic mass is 32.2. The molecule has 0 bridgehead atoms. The summed E-state index contributed by atoms with van der Waals surface area (Å²) in [7, 11) is 1.53. The Bertz CT molecular complexity index is 705. The maximum atomic E-state index is 10.8. The van der Waals surface area contributed by atoms with Crippen LogP contribution < -0.4 is 4.74 Å². The first-order valence-electron chi connectivity index (χ1n) is 6.47. The summed E-state index contributed by atoms with van der Waals surface area (Å²) < 4.78 is 7.21. The number of carboxylic acids is 1. The van der Waals surface area contributed by atoms with Crippen molar-refractivity contribution in [3.63, 3.8) is 0 Å². The first-order valence-corrected chi connectivity index (χ1v) is 7.45. The number of aromatic nitrogens is 4. The molecule has 110 valence electrons. The van der Waals surface area contributed by atoms with E-state index in [4.69, 9.17) is 9.84 Å². The van der Waals surface area contributed by atoms with Crippen LogP contribution in [0, 0.1) is 0 Å². The molecule has 7 nitrogen and oxygen atoms in total. The van der Waals surface area contributed by atoms with Gasteiger partial charge in [0.1, 0.15) is 6.33 Å². The van der Waals surface area contributed by atoms with E-state index in [0.717, 1.165) is 12.8 Å². The van der Waals surface area contributed by atoms with Gasteiger partial charge in [-0.15, -0.1) is 0 Å². The van der Waals surface area contributed by atoms with Gasteiger partial charge in [0.2, 0.25) is 5.88 Å². The fourth-order valence-electron chi connectivity index (χ4n) is 2.39. The molecule has 3 rings (SSSR count). The van der Waals surface area contributed by atoms with Gasteiger partial charge in [0.25, 0.3) is 0 Å². The third-order valence-corrected chi connectivity index (χ3v) is 4.21. The second-order valence-electron chi connectivity index (χ2n) is 4.60. The number of fused-ring (bicyclic) bond motifs is 1. The summed E-state index contributed by atoms with van der Waals surface area (Å²) in [6, 6.07) is 0.214. The minimum Gasteiger partial charge on any atom is -0.481 e. The summed E-state index contributed by atoms with van der Waals surface area (Å²) in [5.74, 6) is -0.512. The minimum atomic E-state index is -0.874. The van der Waals surface area contributed by atoms with Crippen LogP contribution in [0.2, 0.25) is 0 Å². The van der Waals surface area contributed by atoms with E-state index in [1.54, 1.807) is 0 Å². The molecule has 0 amide bonds. The molecule has 0 aliphatic heterocycles. The molecule has 8 heteroatoms. The van der Waals surface area contributed by atoms with E-state index < -0.39 is 5.97 Å². The largest absolute Gasteiger partial charge is 0.481 e. The molecule has 0 saturated heterocycles. The van der Waals surface area contributed by atoms with E-state index in [0.29, 0.717) is 22.2 Å². The lowest BCUT2D eigenvalue weighted by molar-refractivity contribution is -0.133. The van der Waals surface area contributed by atoms with E-state index in [1.165, 1.54) is 25.2 Å². The van der Waals surface area contributed by atoms with Gasteiger partial charge in [-0.1, -0.05) is 23.9 Å². The van der Waals surface area contributed by atoms with Crippen LogP contribution in [0.15, 0.2) is 23.6 Å². The maximum Gasteiger partial charge on any atom is 0.313 e. The number of nitrogens with zero attached hydrogens (tertiary/aromatic N) is 4. The van der Waals surface area contributed by atoms with E-state index in [-0.39, 0.29) is 11.8 Å². The van der Waals surface area contributed by atoms with Gasteiger partial charge in [0.15, 0.2) is 16.3 Å². The summed E-state index contributed by atoms with van der Waals surface area (Å²) >= 11 is 1.19. The first kappa shape index (κ1) is 13.9. The quantitative estimate of drug-likeness (QED) is 0.666. The van der Waals surface area contributed by atoms with Crippen LogP contribution in [0.5, 0.6) is 5.88 Å². The highest BCUT2D eigenvalue weighted by Gasteiger charge is 2.23. The highest BCUT2D eigenvalue weighted by Crippen LogP contribution is 2.34. The molecule has 0 aromatic carbocycles. The summed E-state index contributed by atoms with van der Waals surface area (Å²) in [6.45, 7) is 0. The monoisotopic (exact) mass is 306 g/mol. The SMILES string of the molecule is COc1ncnc2c1nc(SCC(=O)O)n2C1CC=CC1. The summed E-state index contributed by atoms with van der Waals surface area (Å²) in [6.07, 6.45) is 7.44. The zero-order valence-electron chi connectivity index (χ0n) is 11.4. The number of thioether (sulfide) groups is 1. The van der Waals surface area contributed by atoms with Gasteiger partial charge >= 0.3 is 5.97 Å². The van der Waals surface area contributed by atoms with E-state index in [9.17, 15) is 4.79 Å². The predicted molar refractivity (Wildman–Crippen MR) is 77.6 cm³/mol. The number of imidazole rings is 1. The van der Waals surface area contributed by atoms with Crippen LogP contribution in [-0.4, -0.2) is 43.5 Å². The Morgan fingerprint density at radius 1 is 1.48 bits per heavy atom. The van der Waals surface area contributed by atoms with Gasteiger partial charge in [-0.05, 0) is 12.8 Å². The standard InChI is InChI=1S/C13H14N4O3S/c1-20-12-10-11(14-7-15-12)17(8-4-2-3-5-8)13(16-10)21-6-9(18)19/h2-3,7-8H,4-6H2,1H3,(H,18,19). The van der Waals surface area contributed by atoms with Gasteiger partial charge in [0.05, 0.1) is 12.9 Å². The molecular formula is C13H14N4O3S. The van der Waals surface area contributed by atoms with Crippen LogP contribution in [0.25, 0.3) is 11.2 Å². The Labute approximate surface area is 125 Å². The minimum absolute atomic E-state index is 0.0424. The van der Waals surface area contributed by atoms with Gasteiger partial charge in [-0.25, -0.2) is 9.97 Å². The molecule has 0 saturated carbocycles. The maximum absolute atomic E-state index is 10.8. The van der Waals surface area contributed by atoms with Gasteiger partial charge in [-0.2, -0.15) is 4.98 Å². The molecule has 1 N–H and O–H groups in total. The third-order valence-electron chi connectivity index (χ3n) is 3.28. The molecule has 2 aromatic rings. The smallest absolute Gasteiger partial charge is 0.313 e. The Morgan fingerprint density at radius 2 is 2.24 bits per heavy atom. The van der Waals surface area contributed by atoms with Gasteiger partial charge in [0, 0.05) is 6.04 Å². The summed E-state index contributed by atoms with van der Waals surface area (Å²) in [5, 5.41) is 9.52. The van der Waals surface area contributed by atoms with E-state index in [1.807, 2.05) is 4.57 Å². The topological polar surface area (TPSA) is 90.1 Å². The van der Waals surface area contributed by atoms with Crippen molar-refractivity contribution >= 4 is 28.9 Å². The summed E-state index contributed by atoms with van der Waals surface area (Å²) in [4.78, 5) is 23.7. The average Bonchev–Trinajstić information content (AvgIpc) is 3.10. The molecular weight excluding hydrogens is 292 g/mol. The third kappa shape index (κ3) is 2.58. The molecule has 21 heavy (non-hydrogen) atoms. The Morgan fingerprint density at radius 3 is 2.90 bits per heavy atom. The number of carbonyl (C=O) groups is 1. The number of hydrogen-bond donors (Lipinski definition) is 1. The predicted octanol–water partition coefficient (Wildman–Crippen LogP) is 1.90. The van der Waals surface area contributed by atoms with Crippen LogP contribution in [-0.2, 0) is 4.79 Å². The number of ether oxygens (including phenoxy) is 1. The number of carboxylic acid groups (broad SMARTS) is 1. The molecule has 1 aliphatic rings. The zero-order chi connectivity index (χ0) is 14.8. The lowest BCUT2D eigenvalue weighted by atomic mass is 10.2. The van der Waals surface area contributed by atoms with Crippen LogP contribution >= 0.6 is 11.8 Å². The van der Waals surface area contributed by atoms with Gasteiger partial charge < -0.3 is 9.84 Å². The fourth-order valence-corrected chi connectivity index (χ4v) is 3.17. The van der Waals surface area contributed by atoms with Crippen LogP contribution in [0.4, 0.5) is 0 Å². The number of methoxy groups -OCH3 is 1. The highest BCUT2D eigenvalue weighted by molar-refractivity contribution is 7.99. The number of hydrogen-bond acceptors (Lipinski definition) is 6. The normalized spacial score (nSPS) is 14.9. The molecule has 2 heterocycles. The molecule has 2 aromatic heterocycles. The second-order valence-corrected chi connectivity index (χ2v) is 5.54. The van der Waals surface area contributed by atoms with Crippen LogP contribution in [0.3, 0.4) is 0 Å². The lowest BCUT2D eigenvalue weighted by Crippen LogP contribution is -2.09. The molecule has 1 aliphatic carbocycles. The van der Waals surface area contributed by atoms with Crippen molar-refractivity contribution in [3.8, 4) is 5.88 Å². The molecule has 0 radical (unpaired) electrons. The van der Waals surface area contributed by atoms with E-state index in [2.05, 4.69) is 27.1 Å². The summed E-state index contributed by atoms with van der Waals surface area (Å²) in [5.41, 5.74) is 1.25. The van der Waals surface area contributed by atoms with E-state index >= 15 is 0 Å². The van der Waals surface area contributed by atoms with Crippen molar-refractivity contribution in [2.24, 2.45) is 0 Å². The van der Waals surface area contributed by atoms with Crippen molar-refractivity contribution in [2.75, 3.05) is 12.9 Å². The zero-order valence-corrected chi connectivity index (χ0v) is 12.2. The van der Waals surface area contributed by atoms with Crippen molar-refractivity contribution in [1.29, 1.82) is 0 Å². The number of aliphatic carboxylic acids is 1. The second kappa shape index (κ2) is 5.72. The molecule has 0 unspecified atom stereocenters. The van der Waals surface area contributed by atoms with Crippen LogP contribution in [0.1, 0.15) is 18.9 Å². The van der Waals surface area contributed by atoms with Crippen molar-refractivity contribution in [2.45, 2.75) is 24.0 Å². The van der Waals surface area contributed by atoms with Crippen molar-refractivity contribution < 1.29 is 14.6 Å². The molecule has 0 atom stereocenters.